The number of anilines is 1. The lowest BCUT2D eigenvalue weighted by molar-refractivity contribution is 0.0988. The number of amides is 1. The molecule has 0 saturated heterocycles. The van der Waals surface area contributed by atoms with Crippen LogP contribution in [-0.4, -0.2) is 50.4 Å². The van der Waals surface area contributed by atoms with Crippen LogP contribution in [0.25, 0.3) is 10.2 Å². The first-order chi connectivity index (χ1) is 14.4. The fourth-order valence-corrected chi connectivity index (χ4v) is 5.88. The molecule has 1 aromatic heterocycles. The number of benzene rings is 2. The maximum Gasteiger partial charge on any atom is 0.260 e. The molecule has 160 valence electrons. The molecular formula is C21H25N3O4S2. The Morgan fingerprint density at radius 3 is 2.37 bits per heavy atom. The van der Waals surface area contributed by atoms with Crippen molar-refractivity contribution >= 4 is 42.6 Å². The van der Waals surface area contributed by atoms with Gasteiger partial charge in [0.25, 0.3) is 5.91 Å². The molecule has 1 amide bonds. The van der Waals surface area contributed by atoms with Crippen molar-refractivity contribution in [3.63, 3.8) is 0 Å². The largest absolute Gasteiger partial charge is 0.495 e. The van der Waals surface area contributed by atoms with Crippen molar-refractivity contribution in [2.45, 2.75) is 25.7 Å². The highest BCUT2D eigenvalue weighted by Gasteiger charge is 2.28. The van der Waals surface area contributed by atoms with E-state index in [2.05, 4.69) is 4.98 Å². The van der Waals surface area contributed by atoms with Crippen LogP contribution in [0.5, 0.6) is 5.75 Å². The van der Waals surface area contributed by atoms with Gasteiger partial charge in [0, 0.05) is 25.2 Å². The van der Waals surface area contributed by atoms with Crippen molar-refractivity contribution in [1.82, 2.24) is 9.29 Å². The Hall–Kier alpha value is -2.49. The SMILES string of the molecule is CCN(C(=O)c1ccc(OC)c(S(=O)(=O)N(CC)CC)c1)c1nc2ccccc2s1. The zero-order valence-electron chi connectivity index (χ0n) is 17.5. The van der Waals surface area contributed by atoms with Gasteiger partial charge in [-0.3, -0.25) is 9.69 Å². The first-order valence-electron chi connectivity index (χ1n) is 9.72. The molecule has 0 N–H and O–H groups in total. The second-order valence-corrected chi connectivity index (χ2v) is 9.38. The van der Waals surface area contributed by atoms with Crippen LogP contribution in [0.2, 0.25) is 0 Å². The van der Waals surface area contributed by atoms with Crippen molar-refractivity contribution in [2.24, 2.45) is 0 Å². The standard InChI is InChI=1S/C21H25N3O4S2/c1-5-23(6-2)30(26,27)19-14-15(12-13-17(19)28-4)20(25)24(7-3)21-22-16-10-8-9-11-18(16)29-21/h8-14H,5-7H2,1-4H3. The van der Waals surface area contributed by atoms with Gasteiger partial charge in [-0.15, -0.1) is 0 Å². The number of sulfonamides is 1. The zero-order valence-corrected chi connectivity index (χ0v) is 19.1. The predicted octanol–water partition coefficient (Wildman–Crippen LogP) is 4.00. The Kier molecular flexibility index (Phi) is 6.74. The minimum atomic E-state index is -3.79. The second-order valence-electron chi connectivity index (χ2n) is 6.47. The third-order valence-corrected chi connectivity index (χ3v) is 7.94. The molecule has 0 aliphatic carbocycles. The number of methoxy groups -OCH3 is 1. The van der Waals surface area contributed by atoms with Crippen molar-refractivity contribution in [2.75, 3.05) is 31.6 Å². The van der Waals surface area contributed by atoms with E-state index in [0.717, 1.165) is 10.2 Å². The van der Waals surface area contributed by atoms with Gasteiger partial charge >= 0.3 is 0 Å². The molecule has 0 saturated carbocycles. The summed E-state index contributed by atoms with van der Waals surface area (Å²) in [4.78, 5) is 19.4. The lowest BCUT2D eigenvalue weighted by Crippen LogP contribution is -2.32. The Balaban J connectivity index is 2.04. The molecule has 3 aromatic rings. The van der Waals surface area contributed by atoms with Crippen LogP contribution in [0.15, 0.2) is 47.4 Å². The first kappa shape index (κ1) is 22.2. The highest BCUT2D eigenvalue weighted by Crippen LogP contribution is 2.32. The summed E-state index contributed by atoms with van der Waals surface area (Å²) in [7, 11) is -2.38. The summed E-state index contributed by atoms with van der Waals surface area (Å²) in [6.45, 7) is 6.46. The summed E-state index contributed by atoms with van der Waals surface area (Å²) in [6, 6.07) is 12.2. The van der Waals surface area contributed by atoms with E-state index in [9.17, 15) is 13.2 Å². The van der Waals surface area contributed by atoms with Gasteiger partial charge in [0.2, 0.25) is 10.0 Å². The number of rotatable bonds is 8. The monoisotopic (exact) mass is 447 g/mol. The third kappa shape index (κ3) is 4.05. The number of thiazole rings is 1. The molecule has 30 heavy (non-hydrogen) atoms. The third-order valence-electron chi connectivity index (χ3n) is 4.81. The van der Waals surface area contributed by atoms with E-state index in [1.165, 1.54) is 34.9 Å². The van der Waals surface area contributed by atoms with Crippen molar-refractivity contribution in [3.8, 4) is 5.75 Å². The Morgan fingerprint density at radius 2 is 1.77 bits per heavy atom. The Bertz CT molecular complexity index is 1120. The molecule has 9 heteroatoms. The van der Waals surface area contributed by atoms with Gasteiger partial charge in [0.1, 0.15) is 10.6 Å². The average molecular weight is 448 g/mol. The molecule has 0 radical (unpaired) electrons. The van der Waals surface area contributed by atoms with Crippen LogP contribution in [0, 0.1) is 0 Å². The quantitative estimate of drug-likeness (QED) is 0.521. The van der Waals surface area contributed by atoms with Gasteiger partial charge in [-0.1, -0.05) is 37.3 Å². The van der Waals surface area contributed by atoms with Crippen LogP contribution in [-0.2, 0) is 10.0 Å². The molecular weight excluding hydrogens is 422 g/mol. The Morgan fingerprint density at radius 1 is 1.07 bits per heavy atom. The van der Waals surface area contributed by atoms with E-state index in [4.69, 9.17) is 4.74 Å². The van der Waals surface area contributed by atoms with Gasteiger partial charge in [0.15, 0.2) is 5.13 Å². The molecule has 7 nitrogen and oxygen atoms in total. The Labute approximate surface area is 181 Å². The van der Waals surface area contributed by atoms with Gasteiger partial charge < -0.3 is 4.74 Å². The summed E-state index contributed by atoms with van der Waals surface area (Å²) >= 11 is 1.43. The van der Waals surface area contributed by atoms with E-state index in [-0.39, 0.29) is 22.1 Å². The van der Waals surface area contributed by atoms with Crippen LogP contribution < -0.4 is 9.64 Å². The summed E-state index contributed by atoms with van der Waals surface area (Å²) in [5.41, 5.74) is 1.09. The van der Waals surface area contributed by atoms with Gasteiger partial charge in [0.05, 0.1) is 17.3 Å². The average Bonchev–Trinajstić information content (AvgIpc) is 3.18. The topological polar surface area (TPSA) is 79.8 Å². The lowest BCUT2D eigenvalue weighted by Gasteiger charge is -2.22. The number of para-hydroxylation sites is 1. The maximum atomic E-state index is 13.3. The molecule has 0 unspecified atom stereocenters. The summed E-state index contributed by atoms with van der Waals surface area (Å²) < 4.78 is 33.8. The fraction of sp³-hybridized carbons (Fsp3) is 0.333. The van der Waals surface area contributed by atoms with E-state index < -0.39 is 10.0 Å². The number of carbonyl (C=O) groups excluding carboxylic acids is 1. The highest BCUT2D eigenvalue weighted by molar-refractivity contribution is 7.89. The minimum Gasteiger partial charge on any atom is -0.495 e. The van der Waals surface area contributed by atoms with Crippen molar-refractivity contribution < 1.29 is 17.9 Å². The van der Waals surface area contributed by atoms with Gasteiger partial charge in [-0.25, -0.2) is 13.4 Å². The van der Waals surface area contributed by atoms with Crippen molar-refractivity contribution in [1.29, 1.82) is 0 Å². The predicted molar refractivity (Wildman–Crippen MR) is 120 cm³/mol. The number of hydrogen-bond donors (Lipinski definition) is 0. The van der Waals surface area contributed by atoms with Gasteiger partial charge in [-0.2, -0.15) is 4.31 Å². The fourth-order valence-electron chi connectivity index (χ4n) is 3.21. The number of carbonyl (C=O) groups is 1. The molecule has 0 atom stereocenters. The highest BCUT2D eigenvalue weighted by atomic mass is 32.2. The summed E-state index contributed by atoms with van der Waals surface area (Å²) in [5.74, 6) is -0.100. The van der Waals surface area contributed by atoms with Crippen LogP contribution in [0.4, 0.5) is 5.13 Å². The molecule has 0 aliphatic heterocycles. The number of hydrogen-bond acceptors (Lipinski definition) is 6. The number of nitrogens with zero attached hydrogens (tertiary/aromatic N) is 3. The molecule has 0 aliphatic rings. The van der Waals surface area contributed by atoms with E-state index in [1.807, 2.05) is 31.2 Å². The molecule has 3 rings (SSSR count). The van der Waals surface area contributed by atoms with Gasteiger partial charge in [-0.05, 0) is 37.3 Å². The van der Waals surface area contributed by atoms with Crippen LogP contribution in [0.3, 0.4) is 0 Å². The lowest BCUT2D eigenvalue weighted by atomic mass is 10.2. The number of aromatic nitrogens is 1. The zero-order chi connectivity index (χ0) is 21.9. The normalized spacial score (nSPS) is 11.8. The van der Waals surface area contributed by atoms with E-state index in [0.29, 0.717) is 24.8 Å². The van der Waals surface area contributed by atoms with E-state index >= 15 is 0 Å². The number of ether oxygens (including phenoxy) is 1. The first-order valence-corrected chi connectivity index (χ1v) is 12.0. The molecule has 1 heterocycles. The van der Waals surface area contributed by atoms with Crippen molar-refractivity contribution in [3.05, 3.63) is 48.0 Å². The number of fused-ring (bicyclic) bond motifs is 1. The van der Waals surface area contributed by atoms with Crippen LogP contribution in [0.1, 0.15) is 31.1 Å². The summed E-state index contributed by atoms with van der Waals surface area (Å²) in [5, 5.41) is 0.577. The maximum absolute atomic E-state index is 13.3. The van der Waals surface area contributed by atoms with Crippen LogP contribution >= 0.6 is 11.3 Å². The molecule has 2 aromatic carbocycles. The minimum absolute atomic E-state index is 0.0140. The summed E-state index contributed by atoms with van der Waals surface area (Å²) in [6.07, 6.45) is 0. The smallest absolute Gasteiger partial charge is 0.260 e. The molecule has 0 fully saturated rings. The molecule has 0 bridgehead atoms. The molecule has 0 spiro atoms. The second kappa shape index (κ2) is 9.11. The van der Waals surface area contributed by atoms with E-state index in [1.54, 1.807) is 24.8 Å².